The molecule has 106 valence electrons. The molecule has 2 aromatic rings. The normalized spacial score (nSPS) is 11.7. The Balaban J connectivity index is 2.36. The molecule has 2 rings (SSSR count). The molecule has 6 nitrogen and oxygen atoms in total. The molecule has 0 radical (unpaired) electrons. The lowest BCUT2D eigenvalue weighted by atomic mass is 10.1. The molecule has 1 heterocycles. The first kappa shape index (κ1) is 14.2. The molecule has 0 saturated carbocycles. The minimum Gasteiger partial charge on any atom is -0.496 e. The van der Waals surface area contributed by atoms with E-state index in [9.17, 15) is 0 Å². The first-order valence-electron chi connectivity index (χ1n) is 5.89. The summed E-state index contributed by atoms with van der Waals surface area (Å²) in [5, 5.41) is 16.6. The van der Waals surface area contributed by atoms with Crippen molar-refractivity contribution in [3.8, 4) is 5.75 Å². The highest BCUT2D eigenvalue weighted by atomic mass is 35.5. The van der Waals surface area contributed by atoms with Gasteiger partial charge in [0.15, 0.2) is 5.84 Å². The van der Waals surface area contributed by atoms with Crippen molar-refractivity contribution in [1.29, 1.82) is 0 Å². The van der Waals surface area contributed by atoms with E-state index in [0.717, 1.165) is 11.3 Å². The average Bonchev–Trinajstić information content (AvgIpc) is 2.78. The Morgan fingerprint density at radius 1 is 1.55 bits per heavy atom. The number of nitrogens with two attached hydrogens (primary N) is 1. The van der Waals surface area contributed by atoms with Crippen molar-refractivity contribution >= 4 is 17.4 Å². The van der Waals surface area contributed by atoms with Crippen LogP contribution in [0.3, 0.4) is 0 Å². The van der Waals surface area contributed by atoms with Gasteiger partial charge in [0.2, 0.25) is 0 Å². The van der Waals surface area contributed by atoms with Crippen LogP contribution >= 0.6 is 11.6 Å². The number of hydrogen-bond acceptors (Lipinski definition) is 4. The van der Waals surface area contributed by atoms with Gasteiger partial charge in [-0.25, -0.2) is 0 Å². The molecule has 0 aliphatic heterocycles. The highest BCUT2D eigenvalue weighted by Crippen LogP contribution is 2.21. The zero-order chi connectivity index (χ0) is 14.7. The summed E-state index contributed by atoms with van der Waals surface area (Å²) in [5.41, 5.74) is 8.00. The van der Waals surface area contributed by atoms with Crippen molar-refractivity contribution < 1.29 is 9.94 Å². The number of amidine groups is 1. The third kappa shape index (κ3) is 2.70. The van der Waals surface area contributed by atoms with E-state index in [1.54, 1.807) is 23.0 Å². The minimum atomic E-state index is -0.00100. The molecule has 0 aliphatic rings. The number of oxime groups is 1. The summed E-state index contributed by atoms with van der Waals surface area (Å²) in [4.78, 5) is 0. The molecule has 0 spiro atoms. The summed E-state index contributed by atoms with van der Waals surface area (Å²) in [7, 11) is 1.53. The molecule has 1 aromatic heterocycles. The van der Waals surface area contributed by atoms with Crippen molar-refractivity contribution in [2.75, 3.05) is 7.11 Å². The lowest BCUT2D eigenvalue weighted by molar-refractivity contribution is 0.318. The predicted molar refractivity (Wildman–Crippen MR) is 76.6 cm³/mol. The smallest absolute Gasteiger partial charge is 0.173 e. The Morgan fingerprint density at radius 2 is 2.30 bits per heavy atom. The Labute approximate surface area is 121 Å². The fraction of sp³-hybridized carbons (Fsp3) is 0.231. The van der Waals surface area contributed by atoms with Gasteiger partial charge in [0.05, 0.1) is 36.1 Å². The molecule has 0 atom stereocenters. The second-order valence-electron chi connectivity index (χ2n) is 4.26. The van der Waals surface area contributed by atoms with Gasteiger partial charge in [0.1, 0.15) is 5.75 Å². The predicted octanol–water partition coefficient (Wildman–Crippen LogP) is 2.00. The van der Waals surface area contributed by atoms with Gasteiger partial charge in [-0.05, 0) is 24.6 Å². The fourth-order valence-corrected chi connectivity index (χ4v) is 2.00. The van der Waals surface area contributed by atoms with Gasteiger partial charge >= 0.3 is 0 Å². The van der Waals surface area contributed by atoms with E-state index in [-0.39, 0.29) is 5.84 Å². The number of methoxy groups -OCH3 is 1. The summed E-state index contributed by atoms with van der Waals surface area (Å²) in [6, 6.07) is 5.45. The van der Waals surface area contributed by atoms with Crippen LogP contribution in [0.5, 0.6) is 5.75 Å². The highest BCUT2D eigenvalue weighted by molar-refractivity contribution is 6.31. The zero-order valence-electron chi connectivity index (χ0n) is 11.2. The van der Waals surface area contributed by atoms with Gasteiger partial charge in [0, 0.05) is 0 Å². The molecule has 0 fully saturated rings. The minimum absolute atomic E-state index is 0.00100. The molecule has 0 bridgehead atoms. The van der Waals surface area contributed by atoms with Crippen LogP contribution in [0.2, 0.25) is 5.02 Å². The lowest BCUT2D eigenvalue weighted by Crippen LogP contribution is -2.15. The van der Waals surface area contributed by atoms with Gasteiger partial charge in [0.25, 0.3) is 0 Å². The summed E-state index contributed by atoms with van der Waals surface area (Å²) in [5.74, 6) is 0.540. The van der Waals surface area contributed by atoms with Crippen molar-refractivity contribution in [1.82, 2.24) is 9.78 Å². The van der Waals surface area contributed by atoms with Crippen LogP contribution in [0.25, 0.3) is 0 Å². The average molecular weight is 295 g/mol. The van der Waals surface area contributed by atoms with Gasteiger partial charge in [-0.3, -0.25) is 4.68 Å². The van der Waals surface area contributed by atoms with Crippen LogP contribution in [0.1, 0.15) is 16.8 Å². The van der Waals surface area contributed by atoms with E-state index >= 15 is 0 Å². The molecule has 0 amide bonds. The zero-order valence-corrected chi connectivity index (χ0v) is 11.9. The molecule has 3 N–H and O–H groups in total. The highest BCUT2D eigenvalue weighted by Gasteiger charge is 2.11. The third-order valence-electron chi connectivity index (χ3n) is 3.02. The van der Waals surface area contributed by atoms with Crippen LogP contribution in [0.4, 0.5) is 0 Å². The molecule has 7 heteroatoms. The number of halogens is 1. The maximum absolute atomic E-state index is 8.81. The maximum atomic E-state index is 8.81. The Hall–Kier alpha value is -2.21. The third-order valence-corrected chi connectivity index (χ3v) is 3.39. The van der Waals surface area contributed by atoms with E-state index < -0.39 is 0 Å². The lowest BCUT2D eigenvalue weighted by Gasteiger charge is -2.10. The fourth-order valence-electron chi connectivity index (χ4n) is 1.86. The number of aromatic nitrogens is 2. The molecular formula is C13H15ClN4O2. The maximum Gasteiger partial charge on any atom is 0.173 e. The SMILES string of the molecule is COc1ccc(Cn2ncc(Cl)c2C)cc1C(N)=NO. The molecule has 0 aliphatic carbocycles. The largest absolute Gasteiger partial charge is 0.496 e. The van der Waals surface area contributed by atoms with Crippen LogP contribution in [-0.2, 0) is 6.54 Å². The number of ether oxygens (including phenoxy) is 1. The van der Waals surface area contributed by atoms with Gasteiger partial charge in [-0.2, -0.15) is 5.10 Å². The van der Waals surface area contributed by atoms with Crippen molar-refractivity contribution in [2.45, 2.75) is 13.5 Å². The Kier molecular flexibility index (Phi) is 4.14. The van der Waals surface area contributed by atoms with E-state index in [4.69, 9.17) is 27.3 Å². The van der Waals surface area contributed by atoms with Gasteiger partial charge < -0.3 is 15.7 Å². The number of rotatable bonds is 4. The molecule has 0 unspecified atom stereocenters. The van der Waals surface area contributed by atoms with E-state index in [2.05, 4.69) is 10.3 Å². The van der Waals surface area contributed by atoms with Gasteiger partial charge in [-0.15, -0.1) is 0 Å². The van der Waals surface area contributed by atoms with E-state index in [0.29, 0.717) is 22.9 Å². The summed E-state index contributed by atoms with van der Waals surface area (Å²) in [6.07, 6.45) is 1.60. The first-order chi connectivity index (χ1) is 9.56. The Bertz CT molecular complexity index is 652. The van der Waals surface area contributed by atoms with Crippen LogP contribution in [0, 0.1) is 6.92 Å². The van der Waals surface area contributed by atoms with Crippen LogP contribution in [-0.4, -0.2) is 27.9 Å². The van der Waals surface area contributed by atoms with Crippen LogP contribution in [0.15, 0.2) is 29.6 Å². The number of benzene rings is 1. The second kappa shape index (κ2) is 5.83. The van der Waals surface area contributed by atoms with E-state index in [1.165, 1.54) is 7.11 Å². The Morgan fingerprint density at radius 3 is 2.85 bits per heavy atom. The molecule has 1 aromatic carbocycles. The molecule has 0 saturated heterocycles. The summed E-state index contributed by atoms with van der Waals surface area (Å²) >= 11 is 5.97. The molecule has 20 heavy (non-hydrogen) atoms. The monoisotopic (exact) mass is 294 g/mol. The molecular weight excluding hydrogens is 280 g/mol. The van der Waals surface area contributed by atoms with Crippen molar-refractivity contribution in [3.63, 3.8) is 0 Å². The topological polar surface area (TPSA) is 85.7 Å². The quantitative estimate of drug-likeness (QED) is 0.391. The van der Waals surface area contributed by atoms with Crippen LogP contribution < -0.4 is 10.5 Å². The summed E-state index contributed by atoms with van der Waals surface area (Å²) < 4.78 is 6.96. The number of hydrogen-bond donors (Lipinski definition) is 2. The van der Waals surface area contributed by atoms with Gasteiger partial charge in [-0.1, -0.05) is 22.8 Å². The standard InChI is InChI=1S/C13H15ClN4O2/c1-8-11(14)6-16-18(8)7-9-3-4-12(20-2)10(5-9)13(15)17-19/h3-6,19H,7H2,1-2H3,(H2,15,17). The first-order valence-corrected chi connectivity index (χ1v) is 6.27. The second-order valence-corrected chi connectivity index (χ2v) is 4.66. The van der Waals surface area contributed by atoms with Crippen molar-refractivity contribution in [2.24, 2.45) is 10.9 Å². The van der Waals surface area contributed by atoms with E-state index in [1.807, 2.05) is 13.0 Å². The van der Waals surface area contributed by atoms with Crippen molar-refractivity contribution in [3.05, 3.63) is 46.2 Å². The number of nitrogens with zero attached hydrogens (tertiary/aromatic N) is 3. The summed E-state index contributed by atoms with van der Waals surface area (Å²) in [6.45, 7) is 2.43.